The van der Waals surface area contributed by atoms with Crippen LogP contribution in [0.5, 0.6) is 17.2 Å². The number of ether oxygens (including phenoxy) is 3. The molecule has 0 aliphatic carbocycles. The van der Waals surface area contributed by atoms with Gasteiger partial charge in [-0.25, -0.2) is 4.79 Å². The molecule has 9 heteroatoms. The lowest BCUT2D eigenvalue weighted by Crippen LogP contribution is -2.58. The number of hydrogen-bond donors (Lipinski definition) is 3. The zero-order valence-electron chi connectivity index (χ0n) is 21.9. The van der Waals surface area contributed by atoms with Crippen LogP contribution in [0.1, 0.15) is 24.2 Å². The Balaban J connectivity index is 1.94. The third-order valence-electron chi connectivity index (χ3n) is 7.45. The minimum atomic E-state index is -1.14. The molecule has 5 atom stereocenters. The van der Waals surface area contributed by atoms with Crippen LogP contribution < -0.4 is 15.1 Å². The van der Waals surface area contributed by atoms with E-state index in [1.54, 1.807) is 56.3 Å². The molecular formula is C29H31NO8. The van der Waals surface area contributed by atoms with Gasteiger partial charge < -0.3 is 38.8 Å². The molecule has 0 bridgehead atoms. The minimum Gasteiger partial charge on any atom is -0.507 e. The minimum absolute atomic E-state index is 0.0956. The van der Waals surface area contributed by atoms with Gasteiger partial charge in [-0.1, -0.05) is 18.7 Å². The van der Waals surface area contributed by atoms with Gasteiger partial charge in [0.2, 0.25) is 0 Å². The summed E-state index contributed by atoms with van der Waals surface area (Å²) in [5.74, 6) is 0.679. The number of fused-ring (bicyclic) bond motifs is 5. The van der Waals surface area contributed by atoms with Crippen molar-refractivity contribution in [2.45, 2.75) is 37.4 Å². The molecular weight excluding hydrogens is 490 g/mol. The first-order valence-corrected chi connectivity index (χ1v) is 12.2. The summed E-state index contributed by atoms with van der Waals surface area (Å²) >= 11 is 0. The summed E-state index contributed by atoms with van der Waals surface area (Å²) in [7, 11) is 6.54. The van der Waals surface area contributed by atoms with Crippen molar-refractivity contribution in [3.8, 4) is 17.2 Å². The van der Waals surface area contributed by atoms with Crippen molar-refractivity contribution in [2.24, 2.45) is 0 Å². The van der Waals surface area contributed by atoms with E-state index in [0.717, 1.165) is 0 Å². The van der Waals surface area contributed by atoms with E-state index < -0.39 is 36.1 Å². The molecule has 0 radical (unpaired) electrons. The van der Waals surface area contributed by atoms with Crippen LogP contribution in [-0.2, 0) is 4.74 Å². The summed E-state index contributed by atoms with van der Waals surface area (Å²) in [5.41, 5.74) is 0.747. The lowest BCUT2D eigenvalue weighted by molar-refractivity contribution is -0.197. The van der Waals surface area contributed by atoms with Crippen LogP contribution in [0, 0.1) is 0 Å². The largest absolute Gasteiger partial charge is 0.507 e. The Labute approximate surface area is 219 Å². The number of phenols is 1. The Bertz CT molecular complexity index is 1630. The van der Waals surface area contributed by atoms with E-state index in [4.69, 9.17) is 18.6 Å². The van der Waals surface area contributed by atoms with Gasteiger partial charge in [0.05, 0.1) is 43.2 Å². The van der Waals surface area contributed by atoms with Crippen LogP contribution in [-0.4, -0.2) is 72.9 Å². The number of methoxy groups -OCH3 is 2. The first-order chi connectivity index (χ1) is 18.1. The number of aliphatic hydroxyl groups is 2. The normalized spacial score (nSPS) is 23.8. The monoisotopic (exact) mass is 521 g/mol. The summed E-state index contributed by atoms with van der Waals surface area (Å²) < 4.78 is 23.4. The first-order valence-electron chi connectivity index (χ1n) is 12.2. The van der Waals surface area contributed by atoms with Gasteiger partial charge in [-0.15, -0.1) is 0 Å². The van der Waals surface area contributed by atoms with Crippen molar-refractivity contribution in [3.63, 3.8) is 0 Å². The molecule has 1 aliphatic rings. The third kappa shape index (κ3) is 3.82. The van der Waals surface area contributed by atoms with Gasteiger partial charge >= 0.3 is 5.63 Å². The van der Waals surface area contributed by atoms with Gasteiger partial charge in [-0.2, -0.15) is 0 Å². The molecule has 1 aromatic heterocycles. The number of phenolic OH excluding ortho intramolecular Hbond substituents is 1. The topological polar surface area (TPSA) is 122 Å². The van der Waals surface area contributed by atoms with E-state index >= 15 is 0 Å². The van der Waals surface area contributed by atoms with Crippen LogP contribution >= 0.6 is 0 Å². The Morgan fingerprint density at radius 2 is 1.66 bits per heavy atom. The van der Waals surface area contributed by atoms with Crippen molar-refractivity contribution < 1.29 is 33.9 Å². The van der Waals surface area contributed by atoms with Crippen molar-refractivity contribution in [1.29, 1.82) is 0 Å². The summed E-state index contributed by atoms with van der Waals surface area (Å²) in [6.45, 7) is 5.52. The van der Waals surface area contributed by atoms with Crippen molar-refractivity contribution in [2.75, 3.05) is 28.3 Å². The average Bonchev–Trinajstić information content (AvgIpc) is 2.90. The molecule has 0 unspecified atom stereocenters. The molecule has 3 aromatic carbocycles. The van der Waals surface area contributed by atoms with Crippen LogP contribution in [0.25, 0.3) is 38.6 Å². The van der Waals surface area contributed by atoms with E-state index in [0.29, 0.717) is 49.6 Å². The molecule has 4 aromatic rings. The van der Waals surface area contributed by atoms with Crippen molar-refractivity contribution in [1.82, 2.24) is 4.90 Å². The van der Waals surface area contributed by atoms with E-state index in [2.05, 4.69) is 6.58 Å². The molecule has 0 spiro atoms. The maximum atomic E-state index is 13.3. The Morgan fingerprint density at radius 1 is 0.974 bits per heavy atom. The second-order valence-electron chi connectivity index (χ2n) is 9.82. The van der Waals surface area contributed by atoms with Crippen LogP contribution in [0.2, 0.25) is 0 Å². The van der Waals surface area contributed by atoms with Gasteiger partial charge in [0.15, 0.2) is 0 Å². The molecule has 1 aliphatic heterocycles. The van der Waals surface area contributed by atoms with Gasteiger partial charge in [0.25, 0.3) is 0 Å². The SMILES string of the molecule is C=Cc1cc(OC)c2c(c1)c(=O)oc1c2cc(OC)c2c(O)ccc([C@@H]3O[C@H](C)[C@H](O)[C@H](N(C)C)[C@@H]3O)c21. The van der Waals surface area contributed by atoms with Crippen molar-refractivity contribution in [3.05, 3.63) is 58.5 Å². The summed E-state index contributed by atoms with van der Waals surface area (Å²) in [6.07, 6.45) is -1.98. The fraction of sp³-hybridized carbons (Fsp3) is 0.345. The van der Waals surface area contributed by atoms with Crippen LogP contribution in [0.3, 0.4) is 0 Å². The molecule has 2 heterocycles. The van der Waals surface area contributed by atoms with E-state index in [-0.39, 0.29) is 11.3 Å². The van der Waals surface area contributed by atoms with Gasteiger partial charge in [-0.3, -0.25) is 0 Å². The third-order valence-corrected chi connectivity index (χ3v) is 7.45. The second kappa shape index (κ2) is 9.59. The highest BCUT2D eigenvalue weighted by atomic mass is 16.5. The lowest BCUT2D eigenvalue weighted by Gasteiger charge is -2.45. The van der Waals surface area contributed by atoms with E-state index in [1.807, 2.05) is 0 Å². The number of likely N-dealkylation sites (N-methyl/N-ethyl adjacent to an activating group) is 1. The average molecular weight is 522 g/mol. The molecule has 1 fully saturated rings. The fourth-order valence-electron chi connectivity index (χ4n) is 5.62. The number of benzene rings is 3. The number of nitrogens with zero attached hydrogens (tertiary/aromatic N) is 1. The molecule has 38 heavy (non-hydrogen) atoms. The van der Waals surface area contributed by atoms with E-state index in [9.17, 15) is 20.1 Å². The maximum Gasteiger partial charge on any atom is 0.344 e. The summed E-state index contributed by atoms with van der Waals surface area (Å²) in [6, 6.07) is 7.62. The van der Waals surface area contributed by atoms with E-state index in [1.165, 1.54) is 20.3 Å². The highest BCUT2D eigenvalue weighted by Gasteiger charge is 2.45. The highest BCUT2D eigenvalue weighted by Crippen LogP contribution is 2.47. The van der Waals surface area contributed by atoms with Gasteiger partial charge in [0, 0.05) is 16.2 Å². The Morgan fingerprint density at radius 3 is 2.29 bits per heavy atom. The molecule has 1 saturated heterocycles. The fourth-order valence-corrected chi connectivity index (χ4v) is 5.62. The van der Waals surface area contributed by atoms with Crippen LogP contribution in [0.4, 0.5) is 0 Å². The Kier molecular flexibility index (Phi) is 6.56. The molecule has 0 saturated carbocycles. The zero-order chi connectivity index (χ0) is 27.5. The summed E-state index contributed by atoms with van der Waals surface area (Å²) in [5, 5.41) is 35.1. The number of aliphatic hydroxyl groups excluding tert-OH is 2. The maximum absolute atomic E-state index is 13.3. The first kappa shape index (κ1) is 26.0. The Hall–Kier alpha value is -3.63. The number of hydrogen-bond acceptors (Lipinski definition) is 9. The predicted molar refractivity (Wildman–Crippen MR) is 145 cm³/mol. The zero-order valence-corrected chi connectivity index (χ0v) is 21.9. The molecule has 3 N–H and O–H groups in total. The smallest absolute Gasteiger partial charge is 0.344 e. The number of aromatic hydroxyl groups is 1. The van der Waals surface area contributed by atoms with Crippen LogP contribution in [0.15, 0.2) is 46.1 Å². The summed E-state index contributed by atoms with van der Waals surface area (Å²) in [4.78, 5) is 15.1. The molecule has 200 valence electrons. The standard InChI is InChI=1S/C29H31NO8/c1-7-14-10-17-21(19(11-14)35-5)16-12-20(36-6)23-18(31)9-8-15(22(23)27(16)38-29(17)34)28-26(33)24(30(3)4)25(32)13(2)37-28/h7-13,24-26,28,31-33H,1H2,2-6H3/t13-,24+,25+,26+,28+/m1/s1. The van der Waals surface area contributed by atoms with Gasteiger partial charge in [-0.05, 0) is 56.4 Å². The second-order valence-corrected chi connectivity index (χ2v) is 9.82. The van der Waals surface area contributed by atoms with Gasteiger partial charge in [0.1, 0.15) is 35.0 Å². The van der Waals surface area contributed by atoms with Crippen molar-refractivity contribution >= 4 is 38.6 Å². The molecule has 9 nitrogen and oxygen atoms in total. The predicted octanol–water partition coefficient (Wildman–Crippen LogP) is 3.58. The highest BCUT2D eigenvalue weighted by molar-refractivity contribution is 6.19. The quantitative estimate of drug-likeness (QED) is 0.267. The molecule has 5 rings (SSSR count). The number of rotatable bonds is 5. The lowest BCUT2D eigenvalue weighted by atomic mass is 9.86. The molecule has 0 amide bonds.